The van der Waals surface area contributed by atoms with Crippen molar-refractivity contribution >= 4 is 30.9 Å². The van der Waals surface area contributed by atoms with Crippen molar-refractivity contribution in [2.75, 3.05) is 6.54 Å². The molecule has 1 aliphatic heterocycles. The summed E-state index contributed by atoms with van der Waals surface area (Å²) in [5.41, 5.74) is 0. The molecule has 0 spiro atoms. The summed E-state index contributed by atoms with van der Waals surface area (Å²) in [4.78, 5) is 47.0. The number of aliphatic carboxylic acids is 2. The van der Waals surface area contributed by atoms with Gasteiger partial charge in [0, 0.05) is 6.04 Å². The van der Waals surface area contributed by atoms with E-state index in [9.17, 15) is 24.3 Å². The molecule has 3 atom stereocenters. The first kappa shape index (κ1) is 24.9. The summed E-state index contributed by atoms with van der Waals surface area (Å²) in [6.07, 6.45) is 0.0878. The molecule has 1 fully saturated rings. The fourth-order valence-corrected chi connectivity index (χ4v) is 3.21. The molecule has 1 saturated heterocycles. The number of rotatable bonds is 12. The third-order valence-electron chi connectivity index (χ3n) is 4.75. The van der Waals surface area contributed by atoms with Crippen LogP contribution < -0.4 is 10.6 Å². The standard InChI is InChI=1S/C18H31BN2O8/c1-5-11(6-2)20-9-14(22)21-13(7-10(3)4)19-28-12(8-15(23)24)16(17(25)26)18(27)29-19/h10-13,16,20H,5-9H2,1-4H3,(H,21,22)(H,23,24)(H,25,26)/t12?,13-,16?/m0/s1. The van der Waals surface area contributed by atoms with E-state index in [0.717, 1.165) is 12.8 Å². The topological polar surface area (TPSA) is 151 Å². The van der Waals surface area contributed by atoms with Gasteiger partial charge in [-0.15, -0.1) is 0 Å². The maximum absolute atomic E-state index is 12.4. The van der Waals surface area contributed by atoms with Crippen molar-refractivity contribution in [1.29, 1.82) is 0 Å². The average Bonchev–Trinajstić information content (AvgIpc) is 2.60. The largest absolute Gasteiger partial charge is 0.551 e. The number of carboxylic acids is 2. The van der Waals surface area contributed by atoms with Crippen molar-refractivity contribution in [2.45, 2.75) is 71.5 Å². The minimum Gasteiger partial charge on any atom is -0.508 e. The van der Waals surface area contributed by atoms with Crippen LogP contribution >= 0.6 is 0 Å². The molecule has 0 saturated carbocycles. The lowest BCUT2D eigenvalue weighted by Crippen LogP contribution is -2.59. The summed E-state index contributed by atoms with van der Waals surface area (Å²) in [5.74, 6) is -6.57. The minimum absolute atomic E-state index is 0.0674. The second-order valence-electron chi connectivity index (χ2n) is 7.59. The summed E-state index contributed by atoms with van der Waals surface area (Å²) >= 11 is 0. The number of amides is 1. The predicted octanol–water partition coefficient (Wildman–Crippen LogP) is 0.440. The van der Waals surface area contributed by atoms with Gasteiger partial charge in [0.25, 0.3) is 0 Å². The monoisotopic (exact) mass is 414 g/mol. The molecule has 4 N–H and O–H groups in total. The number of carbonyl (C=O) groups excluding carboxylic acids is 2. The van der Waals surface area contributed by atoms with Crippen LogP contribution in [-0.2, 0) is 28.5 Å². The highest BCUT2D eigenvalue weighted by atomic mass is 16.6. The molecule has 1 aliphatic rings. The van der Waals surface area contributed by atoms with Crippen LogP contribution in [0.5, 0.6) is 0 Å². The summed E-state index contributed by atoms with van der Waals surface area (Å²) in [6, 6.07) is 0.198. The number of nitrogens with one attached hydrogen (secondary N) is 2. The Morgan fingerprint density at radius 3 is 2.28 bits per heavy atom. The van der Waals surface area contributed by atoms with Crippen LogP contribution in [0.1, 0.15) is 53.4 Å². The number of carbonyl (C=O) groups is 4. The first-order chi connectivity index (χ1) is 13.6. The van der Waals surface area contributed by atoms with E-state index >= 15 is 0 Å². The zero-order valence-corrected chi connectivity index (χ0v) is 17.3. The molecule has 1 amide bonds. The van der Waals surface area contributed by atoms with Crippen molar-refractivity contribution < 1.29 is 38.7 Å². The third-order valence-corrected chi connectivity index (χ3v) is 4.75. The normalized spacial score (nSPS) is 20.5. The first-order valence-corrected chi connectivity index (χ1v) is 9.92. The molecule has 2 unspecified atom stereocenters. The molecule has 11 heteroatoms. The van der Waals surface area contributed by atoms with Crippen LogP contribution in [0, 0.1) is 11.8 Å². The smallest absolute Gasteiger partial charge is 0.508 e. The van der Waals surface area contributed by atoms with E-state index in [4.69, 9.17) is 14.4 Å². The third kappa shape index (κ3) is 8.02. The number of hydrogen-bond acceptors (Lipinski definition) is 7. The van der Waals surface area contributed by atoms with Gasteiger partial charge >= 0.3 is 25.0 Å². The van der Waals surface area contributed by atoms with Gasteiger partial charge in [-0.1, -0.05) is 27.7 Å². The summed E-state index contributed by atoms with van der Waals surface area (Å²) in [7, 11) is -1.26. The van der Waals surface area contributed by atoms with E-state index in [1.807, 2.05) is 27.7 Å². The number of hydrogen-bond donors (Lipinski definition) is 4. The van der Waals surface area contributed by atoms with Crippen molar-refractivity contribution in [3.8, 4) is 0 Å². The Labute approximate surface area is 170 Å². The lowest BCUT2D eigenvalue weighted by atomic mass is 9.71. The Morgan fingerprint density at radius 2 is 1.79 bits per heavy atom. The van der Waals surface area contributed by atoms with Crippen molar-refractivity contribution in [3.05, 3.63) is 0 Å². The molecule has 29 heavy (non-hydrogen) atoms. The lowest BCUT2D eigenvalue weighted by molar-refractivity contribution is -0.165. The zero-order valence-electron chi connectivity index (χ0n) is 17.3. The molecule has 0 aromatic heterocycles. The Hall–Kier alpha value is -2.14. The van der Waals surface area contributed by atoms with Crippen LogP contribution in [0.2, 0.25) is 0 Å². The van der Waals surface area contributed by atoms with Gasteiger partial charge in [-0.25, -0.2) is 0 Å². The zero-order chi connectivity index (χ0) is 22.1. The summed E-state index contributed by atoms with van der Waals surface area (Å²) in [5, 5.41) is 24.1. The Morgan fingerprint density at radius 1 is 1.17 bits per heavy atom. The first-order valence-electron chi connectivity index (χ1n) is 9.92. The molecule has 0 radical (unpaired) electrons. The van der Waals surface area contributed by atoms with Gasteiger partial charge in [-0.3, -0.25) is 19.2 Å². The average molecular weight is 414 g/mol. The molecule has 0 aromatic rings. The van der Waals surface area contributed by atoms with Crippen molar-refractivity contribution in [2.24, 2.45) is 11.8 Å². The minimum atomic E-state index is -1.73. The van der Waals surface area contributed by atoms with E-state index in [2.05, 4.69) is 10.6 Å². The fraction of sp³-hybridized carbons (Fsp3) is 0.778. The summed E-state index contributed by atoms with van der Waals surface area (Å²) < 4.78 is 10.7. The quantitative estimate of drug-likeness (QED) is 0.263. The van der Waals surface area contributed by atoms with Crippen LogP contribution in [0.3, 0.4) is 0 Å². The van der Waals surface area contributed by atoms with Crippen LogP contribution in [0.4, 0.5) is 0 Å². The molecule has 1 heterocycles. The molecule has 0 aliphatic carbocycles. The molecule has 0 bridgehead atoms. The van der Waals surface area contributed by atoms with Crippen LogP contribution in [0.15, 0.2) is 0 Å². The molecular weight excluding hydrogens is 383 g/mol. The molecule has 164 valence electrons. The lowest BCUT2D eigenvalue weighted by Gasteiger charge is -2.35. The van der Waals surface area contributed by atoms with Crippen LogP contribution in [-0.4, -0.2) is 65.8 Å². The maximum atomic E-state index is 12.4. The number of carboxylic acid groups (broad SMARTS) is 2. The molecule has 1 rings (SSSR count). The Kier molecular flexibility index (Phi) is 10.1. The SMILES string of the molecule is CCC(CC)NCC(=O)N[C@@H](CC(C)C)B1OC(=O)C(C(=O)O)C(CC(=O)O)O1. The van der Waals surface area contributed by atoms with E-state index in [1.54, 1.807) is 0 Å². The van der Waals surface area contributed by atoms with Gasteiger partial charge in [0.15, 0.2) is 5.92 Å². The summed E-state index contributed by atoms with van der Waals surface area (Å²) in [6.45, 7) is 7.90. The van der Waals surface area contributed by atoms with Crippen molar-refractivity contribution in [1.82, 2.24) is 10.6 Å². The Balaban J connectivity index is 2.90. The fourth-order valence-electron chi connectivity index (χ4n) is 3.21. The van der Waals surface area contributed by atoms with E-state index in [-0.39, 0.29) is 24.4 Å². The van der Waals surface area contributed by atoms with E-state index < -0.39 is 49.4 Å². The van der Waals surface area contributed by atoms with Gasteiger partial charge in [0.2, 0.25) is 5.91 Å². The highest BCUT2D eigenvalue weighted by molar-refractivity contribution is 6.50. The molecular formula is C18H31BN2O8. The van der Waals surface area contributed by atoms with Crippen LogP contribution in [0.25, 0.3) is 0 Å². The second-order valence-corrected chi connectivity index (χ2v) is 7.59. The van der Waals surface area contributed by atoms with E-state index in [0.29, 0.717) is 6.42 Å². The van der Waals surface area contributed by atoms with Gasteiger partial charge in [0.05, 0.1) is 25.0 Å². The van der Waals surface area contributed by atoms with Gasteiger partial charge in [-0.05, 0) is 25.2 Å². The molecule has 0 aromatic carbocycles. The highest BCUT2D eigenvalue weighted by Gasteiger charge is 2.50. The molecule has 10 nitrogen and oxygen atoms in total. The van der Waals surface area contributed by atoms with Gasteiger partial charge < -0.3 is 30.2 Å². The van der Waals surface area contributed by atoms with Gasteiger partial charge in [-0.2, -0.15) is 0 Å². The predicted molar refractivity (Wildman–Crippen MR) is 104 cm³/mol. The second kappa shape index (κ2) is 11.8. The maximum Gasteiger partial charge on any atom is 0.551 e. The highest BCUT2D eigenvalue weighted by Crippen LogP contribution is 2.24. The van der Waals surface area contributed by atoms with Gasteiger partial charge in [0.1, 0.15) is 0 Å². The van der Waals surface area contributed by atoms with E-state index in [1.165, 1.54) is 0 Å². The van der Waals surface area contributed by atoms with Crippen molar-refractivity contribution in [3.63, 3.8) is 0 Å². The Bertz CT molecular complexity index is 596.